The van der Waals surface area contributed by atoms with Crippen molar-refractivity contribution in [1.82, 2.24) is 0 Å². The molecule has 0 saturated carbocycles. The Morgan fingerprint density at radius 2 is 2.00 bits per heavy atom. The third-order valence-corrected chi connectivity index (χ3v) is 2.50. The van der Waals surface area contributed by atoms with Crippen LogP contribution in [0.1, 0.15) is 18.4 Å². The van der Waals surface area contributed by atoms with Crippen LogP contribution in [-0.2, 0) is 11.2 Å². The molecular formula is C12H12F4O2. The van der Waals surface area contributed by atoms with Gasteiger partial charge in [-0.2, -0.15) is 13.2 Å². The summed E-state index contributed by atoms with van der Waals surface area (Å²) in [7, 11) is 0. The first kappa shape index (κ1) is 14.5. The average Bonchev–Trinajstić information content (AvgIpc) is 2.22. The number of carboxylic acids is 1. The molecule has 0 aliphatic heterocycles. The highest BCUT2D eigenvalue weighted by Crippen LogP contribution is 2.26. The van der Waals surface area contributed by atoms with Crippen LogP contribution in [0.15, 0.2) is 24.3 Å². The second-order valence-electron chi connectivity index (χ2n) is 4.02. The van der Waals surface area contributed by atoms with Crippen LogP contribution in [0.3, 0.4) is 0 Å². The van der Waals surface area contributed by atoms with Crippen LogP contribution in [0.5, 0.6) is 0 Å². The average molecular weight is 264 g/mol. The van der Waals surface area contributed by atoms with Gasteiger partial charge in [0.25, 0.3) is 0 Å². The minimum atomic E-state index is -4.38. The Labute approximate surface area is 101 Å². The Bertz CT molecular complexity index is 415. The van der Waals surface area contributed by atoms with Crippen molar-refractivity contribution in [2.24, 2.45) is 5.92 Å². The fourth-order valence-corrected chi connectivity index (χ4v) is 1.60. The number of carbonyl (C=O) groups is 1. The van der Waals surface area contributed by atoms with Crippen LogP contribution < -0.4 is 0 Å². The first-order valence-corrected chi connectivity index (χ1v) is 5.32. The van der Waals surface area contributed by atoms with E-state index in [1.54, 1.807) is 0 Å². The molecular weight excluding hydrogens is 252 g/mol. The molecule has 0 fully saturated rings. The van der Waals surface area contributed by atoms with Crippen molar-refractivity contribution in [3.63, 3.8) is 0 Å². The number of aliphatic carboxylic acids is 1. The summed E-state index contributed by atoms with van der Waals surface area (Å²) in [6.07, 6.45) is -6.15. The number of hydrogen-bond donors (Lipinski definition) is 1. The van der Waals surface area contributed by atoms with Crippen molar-refractivity contribution < 1.29 is 27.5 Å². The van der Waals surface area contributed by atoms with Gasteiger partial charge in [0.1, 0.15) is 5.82 Å². The van der Waals surface area contributed by atoms with Crippen molar-refractivity contribution in [3.05, 3.63) is 35.6 Å². The zero-order valence-electron chi connectivity index (χ0n) is 9.38. The van der Waals surface area contributed by atoms with Gasteiger partial charge < -0.3 is 5.11 Å². The molecule has 18 heavy (non-hydrogen) atoms. The Hall–Kier alpha value is -1.59. The fourth-order valence-electron chi connectivity index (χ4n) is 1.60. The van der Waals surface area contributed by atoms with E-state index in [2.05, 4.69) is 0 Å². The van der Waals surface area contributed by atoms with Crippen LogP contribution in [-0.4, -0.2) is 17.3 Å². The SMILES string of the molecule is O=C(O)C(CCC(F)(F)F)Cc1cccc(F)c1. The maximum atomic E-state index is 12.9. The van der Waals surface area contributed by atoms with Crippen molar-refractivity contribution >= 4 is 5.97 Å². The lowest BCUT2D eigenvalue weighted by Crippen LogP contribution is -2.20. The number of benzene rings is 1. The molecule has 1 atom stereocenters. The molecule has 0 saturated heterocycles. The highest BCUT2D eigenvalue weighted by atomic mass is 19.4. The molecule has 2 nitrogen and oxygen atoms in total. The van der Waals surface area contributed by atoms with E-state index in [-0.39, 0.29) is 6.42 Å². The molecule has 0 amide bonds. The Balaban J connectivity index is 2.66. The maximum absolute atomic E-state index is 12.9. The summed E-state index contributed by atoms with van der Waals surface area (Å²) in [5, 5.41) is 8.84. The summed E-state index contributed by atoms with van der Waals surface area (Å²) >= 11 is 0. The first-order valence-electron chi connectivity index (χ1n) is 5.32. The van der Waals surface area contributed by atoms with Crippen molar-refractivity contribution in [2.75, 3.05) is 0 Å². The van der Waals surface area contributed by atoms with Gasteiger partial charge in [0.05, 0.1) is 5.92 Å². The Morgan fingerprint density at radius 1 is 1.33 bits per heavy atom. The predicted molar refractivity (Wildman–Crippen MR) is 56.5 cm³/mol. The zero-order valence-corrected chi connectivity index (χ0v) is 9.38. The number of halogens is 4. The van der Waals surface area contributed by atoms with E-state index >= 15 is 0 Å². The molecule has 1 aromatic rings. The third-order valence-electron chi connectivity index (χ3n) is 2.50. The molecule has 0 radical (unpaired) electrons. The van der Waals surface area contributed by atoms with Crippen LogP contribution in [0.2, 0.25) is 0 Å². The summed E-state index contributed by atoms with van der Waals surface area (Å²) in [6.45, 7) is 0. The summed E-state index contributed by atoms with van der Waals surface area (Å²) in [5.74, 6) is -3.00. The van der Waals surface area contributed by atoms with Gasteiger partial charge >= 0.3 is 12.1 Å². The lowest BCUT2D eigenvalue weighted by Gasteiger charge is -2.13. The van der Waals surface area contributed by atoms with Gasteiger partial charge in [-0.25, -0.2) is 4.39 Å². The standard InChI is InChI=1S/C12H12F4O2/c13-10-3-1-2-8(7-10)6-9(11(17)18)4-5-12(14,15)16/h1-3,7,9H,4-6H2,(H,17,18). The lowest BCUT2D eigenvalue weighted by atomic mass is 9.95. The van der Waals surface area contributed by atoms with Gasteiger partial charge in [0.2, 0.25) is 0 Å². The predicted octanol–water partition coefficient (Wildman–Crippen LogP) is 3.41. The van der Waals surface area contributed by atoms with E-state index in [4.69, 9.17) is 5.11 Å². The fraction of sp³-hybridized carbons (Fsp3) is 0.417. The van der Waals surface area contributed by atoms with Gasteiger partial charge in [-0.15, -0.1) is 0 Å². The van der Waals surface area contributed by atoms with Gasteiger partial charge in [-0.05, 0) is 30.5 Å². The highest BCUT2D eigenvalue weighted by Gasteiger charge is 2.30. The van der Waals surface area contributed by atoms with E-state index in [0.29, 0.717) is 5.56 Å². The first-order chi connectivity index (χ1) is 8.28. The van der Waals surface area contributed by atoms with Crippen LogP contribution in [0, 0.1) is 11.7 Å². The van der Waals surface area contributed by atoms with E-state index in [0.717, 1.165) is 6.07 Å². The number of alkyl halides is 3. The van der Waals surface area contributed by atoms with Crippen LogP contribution >= 0.6 is 0 Å². The largest absolute Gasteiger partial charge is 0.481 e. The van der Waals surface area contributed by atoms with Gasteiger partial charge in [-0.1, -0.05) is 12.1 Å². The minimum absolute atomic E-state index is 0.108. The maximum Gasteiger partial charge on any atom is 0.389 e. The highest BCUT2D eigenvalue weighted by molar-refractivity contribution is 5.70. The Morgan fingerprint density at radius 3 is 2.50 bits per heavy atom. The molecule has 1 rings (SSSR count). The van der Waals surface area contributed by atoms with Crippen molar-refractivity contribution in [1.29, 1.82) is 0 Å². The molecule has 0 bridgehead atoms. The molecule has 0 aliphatic rings. The monoisotopic (exact) mass is 264 g/mol. The summed E-state index contributed by atoms with van der Waals surface area (Å²) in [4.78, 5) is 10.8. The number of hydrogen-bond acceptors (Lipinski definition) is 1. The van der Waals surface area contributed by atoms with E-state index in [1.807, 2.05) is 0 Å². The smallest absolute Gasteiger partial charge is 0.389 e. The normalized spacial score (nSPS) is 13.3. The van der Waals surface area contributed by atoms with Gasteiger partial charge in [0, 0.05) is 6.42 Å². The van der Waals surface area contributed by atoms with Crippen LogP contribution in [0.25, 0.3) is 0 Å². The molecule has 6 heteroatoms. The molecule has 1 aromatic carbocycles. The van der Waals surface area contributed by atoms with Gasteiger partial charge in [0.15, 0.2) is 0 Å². The summed E-state index contributed by atoms with van der Waals surface area (Å²) in [5.41, 5.74) is 0.379. The second-order valence-corrected chi connectivity index (χ2v) is 4.02. The molecule has 0 aromatic heterocycles. The zero-order chi connectivity index (χ0) is 13.8. The Kier molecular flexibility index (Phi) is 4.69. The second kappa shape index (κ2) is 5.84. The summed E-state index contributed by atoms with van der Waals surface area (Å²) in [6, 6.07) is 5.21. The van der Waals surface area contributed by atoms with Crippen molar-refractivity contribution in [2.45, 2.75) is 25.4 Å². The summed E-state index contributed by atoms with van der Waals surface area (Å²) < 4.78 is 49.0. The quantitative estimate of drug-likeness (QED) is 0.827. The molecule has 1 N–H and O–H groups in total. The molecule has 100 valence electrons. The minimum Gasteiger partial charge on any atom is -0.481 e. The van der Waals surface area contributed by atoms with E-state index < -0.39 is 36.7 Å². The molecule has 0 heterocycles. The van der Waals surface area contributed by atoms with Gasteiger partial charge in [-0.3, -0.25) is 4.79 Å². The van der Waals surface area contributed by atoms with Crippen LogP contribution in [0.4, 0.5) is 17.6 Å². The van der Waals surface area contributed by atoms with Crippen molar-refractivity contribution in [3.8, 4) is 0 Å². The topological polar surface area (TPSA) is 37.3 Å². The molecule has 1 unspecified atom stereocenters. The number of rotatable bonds is 5. The number of carboxylic acid groups (broad SMARTS) is 1. The van der Waals surface area contributed by atoms with E-state index in [1.165, 1.54) is 18.2 Å². The molecule has 0 spiro atoms. The third kappa shape index (κ3) is 5.16. The lowest BCUT2D eigenvalue weighted by molar-refractivity contribution is -0.148. The van der Waals surface area contributed by atoms with E-state index in [9.17, 15) is 22.4 Å². The molecule has 0 aliphatic carbocycles.